The van der Waals surface area contributed by atoms with Gasteiger partial charge in [0.1, 0.15) is 12.7 Å². The highest BCUT2D eigenvalue weighted by Crippen LogP contribution is 2.18. The van der Waals surface area contributed by atoms with Gasteiger partial charge in [-0.15, -0.1) is 4.33 Å². The van der Waals surface area contributed by atoms with Gasteiger partial charge in [-0.1, -0.05) is 5.04 Å². The van der Waals surface area contributed by atoms with Gasteiger partial charge in [0.25, 0.3) is 0 Å². The Bertz CT molecular complexity index is 405. The smallest absolute Gasteiger partial charge is 0.155 e. The fourth-order valence-electron chi connectivity index (χ4n) is 0.938. The lowest BCUT2D eigenvalue weighted by Crippen LogP contribution is -1.97. The molecular formula is C7H6N4O3S. The fraction of sp³-hybridized carbons (Fsp3) is 0. The van der Waals surface area contributed by atoms with Crippen molar-refractivity contribution in [3.8, 4) is 5.82 Å². The number of nitrogens with zero attached hydrogens (tertiary/aromatic N) is 4. The molecule has 2 aromatic rings. The molecule has 2 heterocycles. The first kappa shape index (κ1) is 10.1. The third kappa shape index (κ3) is 2.50. The normalized spacial score (nSPS) is 10.5. The highest BCUT2D eigenvalue weighted by Gasteiger charge is 2.00. The largest absolute Gasteiger partial charge is 0.236 e. The van der Waals surface area contributed by atoms with Crippen molar-refractivity contribution in [2.24, 2.45) is 0 Å². The average Bonchev–Trinajstić information content (AvgIpc) is 2.80. The lowest BCUT2D eigenvalue weighted by molar-refractivity contribution is -0.432. The van der Waals surface area contributed by atoms with Crippen LogP contribution >= 0.6 is 12.0 Å². The minimum atomic E-state index is 0.641. The van der Waals surface area contributed by atoms with Gasteiger partial charge in [0, 0.05) is 6.20 Å². The van der Waals surface area contributed by atoms with Crippen LogP contribution < -0.4 is 0 Å². The molecule has 0 aliphatic heterocycles. The third-order valence-corrected chi connectivity index (χ3v) is 2.10. The van der Waals surface area contributed by atoms with Gasteiger partial charge in [0.2, 0.25) is 0 Å². The Morgan fingerprint density at radius 1 is 1.40 bits per heavy atom. The number of aromatic nitrogens is 4. The molecule has 0 unspecified atom stereocenters. The maximum Gasteiger partial charge on any atom is 0.155 e. The zero-order valence-corrected chi connectivity index (χ0v) is 8.16. The number of hydrogen-bond donors (Lipinski definition) is 1. The second kappa shape index (κ2) is 4.84. The van der Waals surface area contributed by atoms with E-state index in [0.29, 0.717) is 10.7 Å². The molecule has 0 aliphatic carbocycles. The van der Waals surface area contributed by atoms with E-state index in [1.54, 1.807) is 24.7 Å². The minimum absolute atomic E-state index is 0.641. The summed E-state index contributed by atoms with van der Waals surface area (Å²) < 4.78 is 5.77. The fourth-order valence-corrected chi connectivity index (χ4v) is 1.27. The van der Waals surface area contributed by atoms with Crippen molar-refractivity contribution in [2.45, 2.75) is 4.90 Å². The molecule has 0 bridgehead atoms. The SMILES string of the molecule is OOOSc1ccc(-n2cncn2)nc1. The quantitative estimate of drug-likeness (QED) is 0.474. The molecule has 2 rings (SSSR count). The van der Waals surface area contributed by atoms with Gasteiger partial charge in [0.05, 0.1) is 16.9 Å². The molecule has 0 saturated heterocycles. The molecule has 0 atom stereocenters. The van der Waals surface area contributed by atoms with Crippen LogP contribution in [-0.2, 0) is 9.37 Å². The molecule has 0 amide bonds. The number of rotatable bonds is 4. The summed E-state index contributed by atoms with van der Waals surface area (Å²) >= 11 is 0.846. The first-order valence-corrected chi connectivity index (χ1v) is 4.60. The van der Waals surface area contributed by atoms with E-state index < -0.39 is 0 Å². The van der Waals surface area contributed by atoms with E-state index in [4.69, 9.17) is 5.26 Å². The van der Waals surface area contributed by atoms with Crippen LogP contribution in [0.1, 0.15) is 0 Å². The summed E-state index contributed by atoms with van der Waals surface area (Å²) in [6.07, 6.45) is 4.52. The van der Waals surface area contributed by atoms with Crippen molar-refractivity contribution in [3.63, 3.8) is 0 Å². The zero-order valence-electron chi connectivity index (χ0n) is 7.35. The Morgan fingerprint density at radius 3 is 2.93 bits per heavy atom. The van der Waals surface area contributed by atoms with Crippen LogP contribution in [-0.4, -0.2) is 25.0 Å². The highest BCUT2D eigenvalue weighted by molar-refractivity contribution is 7.94. The van der Waals surface area contributed by atoms with Crippen molar-refractivity contribution < 1.29 is 14.6 Å². The predicted molar refractivity (Wildman–Crippen MR) is 49.8 cm³/mol. The van der Waals surface area contributed by atoms with Crippen molar-refractivity contribution in [1.82, 2.24) is 19.7 Å². The van der Waals surface area contributed by atoms with Crippen LogP contribution in [0, 0.1) is 0 Å². The van der Waals surface area contributed by atoms with Gasteiger partial charge < -0.3 is 0 Å². The van der Waals surface area contributed by atoms with E-state index in [1.807, 2.05) is 0 Å². The summed E-state index contributed by atoms with van der Waals surface area (Å²) in [5.41, 5.74) is 0. The maximum atomic E-state index is 7.95. The molecule has 8 heteroatoms. The second-order valence-corrected chi connectivity index (χ2v) is 3.19. The van der Waals surface area contributed by atoms with Gasteiger partial charge >= 0.3 is 0 Å². The summed E-state index contributed by atoms with van der Waals surface area (Å²) in [4.78, 5) is 8.58. The molecule has 0 radical (unpaired) electrons. The van der Waals surface area contributed by atoms with Crippen LogP contribution in [0.4, 0.5) is 0 Å². The molecule has 0 saturated carbocycles. The summed E-state index contributed by atoms with van der Waals surface area (Å²) in [5.74, 6) is 0.641. The van der Waals surface area contributed by atoms with Gasteiger partial charge in [-0.25, -0.2) is 19.9 Å². The zero-order chi connectivity index (χ0) is 10.5. The standard InChI is InChI=1S/C7H6N4O3S/c12-13-14-15-6-1-2-7(9-3-6)11-5-8-4-10-11/h1-5,12H. The van der Waals surface area contributed by atoms with Crippen LogP contribution in [0.15, 0.2) is 35.9 Å². The predicted octanol–water partition coefficient (Wildman–Crippen LogP) is 1.09. The van der Waals surface area contributed by atoms with E-state index in [0.717, 1.165) is 12.0 Å². The molecule has 7 nitrogen and oxygen atoms in total. The van der Waals surface area contributed by atoms with E-state index in [2.05, 4.69) is 24.4 Å². The van der Waals surface area contributed by atoms with Gasteiger partial charge in [-0.05, 0) is 12.1 Å². The lowest BCUT2D eigenvalue weighted by Gasteiger charge is -2.00. The van der Waals surface area contributed by atoms with E-state index in [-0.39, 0.29) is 0 Å². The van der Waals surface area contributed by atoms with E-state index in [9.17, 15) is 0 Å². The molecule has 15 heavy (non-hydrogen) atoms. The lowest BCUT2D eigenvalue weighted by atomic mass is 10.5. The molecule has 0 aliphatic rings. The van der Waals surface area contributed by atoms with Crippen molar-refractivity contribution in [1.29, 1.82) is 0 Å². The summed E-state index contributed by atoms with van der Waals surface area (Å²) in [6.45, 7) is 0. The molecule has 78 valence electrons. The summed E-state index contributed by atoms with van der Waals surface area (Å²) in [6, 6.07) is 3.48. The van der Waals surface area contributed by atoms with Crippen LogP contribution in [0.5, 0.6) is 0 Å². The van der Waals surface area contributed by atoms with Gasteiger partial charge in [-0.3, -0.25) is 0 Å². The molecule has 0 spiro atoms. The first-order chi connectivity index (χ1) is 7.40. The summed E-state index contributed by atoms with van der Waals surface area (Å²) in [5, 5.41) is 15.3. The Morgan fingerprint density at radius 2 is 2.33 bits per heavy atom. The highest BCUT2D eigenvalue weighted by atomic mass is 32.2. The topological polar surface area (TPSA) is 82.3 Å². The Labute approximate surface area is 88.7 Å². The minimum Gasteiger partial charge on any atom is -0.236 e. The first-order valence-electron chi connectivity index (χ1n) is 3.86. The molecule has 2 aromatic heterocycles. The molecule has 0 fully saturated rings. The average molecular weight is 226 g/mol. The Balaban J connectivity index is 2.11. The van der Waals surface area contributed by atoms with Crippen molar-refractivity contribution >= 4 is 12.0 Å². The maximum absolute atomic E-state index is 7.95. The third-order valence-electron chi connectivity index (χ3n) is 1.53. The molecule has 1 N–H and O–H groups in total. The van der Waals surface area contributed by atoms with Crippen LogP contribution in [0.25, 0.3) is 5.82 Å². The second-order valence-electron chi connectivity index (χ2n) is 2.42. The Hall–Kier alpha value is -1.48. The van der Waals surface area contributed by atoms with E-state index >= 15 is 0 Å². The van der Waals surface area contributed by atoms with Crippen LogP contribution in [0.2, 0.25) is 0 Å². The number of hydrogen-bond acceptors (Lipinski definition) is 7. The molecular weight excluding hydrogens is 220 g/mol. The van der Waals surface area contributed by atoms with Gasteiger partial charge in [-0.2, -0.15) is 5.10 Å². The number of pyridine rings is 1. The van der Waals surface area contributed by atoms with Gasteiger partial charge in [0.15, 0.2) is 5.82 Å². The molecule has 0 aromatic carbocycles. The summed E-state index contributed by atoms with van der Waals surface area (Å²) in [7, 11) is 0. The van der Waals surface area contributed by atoms with Crippen molar-refractivity contribution in [3.05, 3.63) is 31.0 Å². The van der Waals surface area contributed by atoms with Crippen LogP contribution in [0.3, 0.4) is 0 Å². The van der Waals surface area contributed by atoms with Crippen molar-refractivity contribution in [2.75, 3.05) is 0 Å². The Kier molecular flexibility index (Phi) is 3.25. The van der Waals surface area contributed by atoms with E-state index in [1.165, 1.54) is 11.0 Å². The monoisotopic (exact) mass is 226 g/mol.